The molecule has 0 amide bonds. The minimum absolute atomic E-state index is 0.0474. The highest BCUT2D eigenvalue weighted by atomic mass is 32.1. The van der Waals surface area contributed by atoms with Crippen molar-refractivity contribution >= 4 is 83.1 Å². The average molecular weight is 831 g/mol. The summed E-state index contributed by atoms with van der Waals surface area (Å²) in [4.78, 5) is 22.9. The van der Waals surface area contributed by atoms with Crippen LogP contribution < -0.4 is 20.1 Å². The van der Waals surface area contributed by atoms with Crippen molar-refractivity contribution in [2.75, 3.05) is 31.0 Å². The quantitative estimate of drug-likeness (QED) is 0.0819. The number of aliphatic hydroxyl groups excluding tert-OH is 1. The highest BCUT2D eigenvalue weighted by Gasteiger charge is 2.19. The second-order valence-corrected chi connectivity index (χ2v) is 16.1. The Hall–Kier alpha value is -7.33. The van der Waals surface area contributed by atoms with Crippen molar-refractivity contribution in [3.63, 3.8) is 0 Å². The summed E-state index contributed by atoms with van der Waals surface area (Å²) in [6, 6.07) is 37.0. The number of thiophene rings is 2. The van der Waals surface area contributed by atoms with Crippen molar-refractivity contribution in [2.24, 2.45) is 0 Å². The van der Waals surface area contributed by atoms with E-state index < -0.39 is 5.97 Å². The third kappa shape index (κ3) is 7.00. The maximum Gasteiger partial charge on any atom is 0.335 e. The molecule has 4 aromatic carbocycles. The topological polar surface area (TPSA) is 160 Å². The number of nitrogens with one attached hydrogen (secondary N) is 2. The predicted octanol–water partition coefficient (Wildman–Crippen LogP) is 10.2. The van der Waals surface area contributed by atoms with Crippen molar-refractivity contribution in [3.05, 3.63) is 133 Å². The van der Waals surface area contributed by atoms with Crippen molar-refractivity contribution in [1.29, 1.82) is 0 Å². The standard InChI is InChI=1S/C45H34N8O5S2/c1-57-36-22-31(13-14-35(36)58-18-4-17-54)49-42-23-32(44-47-25-34(53(44)51-42)40-20-28-5-2-3-6-37(28)59-40)27-7-8-29-21-39(60-38(29)19-27)33-24-46-43-16-15-41(50-52(33)43)48-30-11-9-26(10-12-30)45(55)56/h2-3,5-16,19-25,54H,4,17-18H2,1H3,(H,48,50)(H,49,51)(H,55,56). The number of aliphatic hydroxyl groups is 1. The zero-order valence-corrected chi connectivity index (χ0v) is 33.5. The number of carboxylic acids is 1. The summed E-state index contributed by atoms with van der Waals surface area (Å²) in [5.74, 6) is 1.38. The number of benzene rings is 4. The number of nitrogens with zero attached hydrogens (tertiary/aromatic N) is 6. The van der Waals surface area contributed by atoms with Gasteiger partial charge >= 0.3 is 5.97 Å². The summed E-state index contributed by atoms with van der Waals surface area (Å²) >= 11 is 3.35. The van der Waals surface area contributed by atoms with E-state index in [2.05, 4.69) is 58.1 Å². The van der Waals surface area contributed by atoms with E-state index in [1.165, 1.54) is 4.70 Å². The molecule has 0 unspecified atom stereocenters. The van der Waals surface area contributed by atoms with Gasteiger partial charge in [-0.2, -0.15) is 0 Å². The molecule has 0 radical (unpaired) electrons. The maximum atomic E-state index is 11.3. The van der Waals surface area contributed by atoms with E-state index in [1.54, 1.807) is 54.0 Å². The molecule has 0 aliphatic heterocycles. The van der Waals surface area contributed by atoms with Crippen LogP contribution in [0.15, 0.2) is 128 Å². The molecule has 4 N–H and O–H groups in total. The Kier molecular flexibility index (Phi) is 9.52. The van der Waals surface area contributed by atoms with Crippen LogP contribution in [-0.2, 0) is 0 Å². The fourth-order valence-corrected chi connectivity index (χ4v) is 9.21. The van der Waals surface area contributed by atoms with Gasteiger partial charge in [-0.3, -0.25) is 0 Å². The third-order valence-corrected chi connectivity index (χ3v) is 12.3. The van der Waals surface area contributed by atoms with Gasteiger partial charge in [0.2, 0.25) is 0 Å². The molecule has 10 rings (SSSR count). The number of carboxylic acid groups (broad SMARTS) is 1. The summed E-state index contributed by atoms with van der Waals surface area (Å²) in [6.07, 6.45) is 4.23. The number of aromatic carboxylic acids is 1. The first-order valence-corrected chi connectivity index (χ1v) is 20.6. The predicted molar refractivity (Wildman–Crippen MR) is 237 cm³/mol. The van der Waals surface area contributed by atoms with Gasteiger partial charge in [-0.25, -0.2) is 23.8 Å². The van der Waals surface area contributed by atoms with Gasteiger partial charge in [-0.1, -0.05) is 30.3 Å². The van der Waals surface area contributed by atoms with E-state index in [0.29, 0.717) is 41.8 Å². The maximum absolute atomic E-state index is 11.3. The summed E-state index contributed by atoms with van der Waals surface area (Å²) < 4.78 is 17.5. The summed E-state index contributed by atoms with van der Waals surface area (Å²) in [6.45, 7) is 0.423. The average Bonchev–Trinajstić information content (AvgIpc) is 4.08. The summed E-state index contributed by atoms with van der Waals surface area (Å²) in [7, 11) is 1.60. The van der Waals surface area contributed by atoms with Crippen molar-refractivity contribution in [3.8, 4) is 43.8 Å². The number of methoxy groups -OCH3 is 1. The first-order chi connectivity index (χ1) is 29.4. The number of aromatic nitrogens is 6. The van der Waals surface area contributed by atoms with Crippen molar-refractivity contribution in [2.45, 2.75) is 6.42 Å². The zero-order chi connectivity index (χ0) is 40.7. The number of imidazole rings is 2. The minimum Gasteiger partial charge on any atom is -0.493 e. The van der Waals surface area contributed by atoms with E-state index in [-0.39, 0.29) is 12.2 Å². The largest absolute Gasteiger partial charge is 0.493 e. The van der Waals surface area contributed by atoms with Crippen molar-refractivity contribution in [1.82, 2.24) is 29.2 Å². The highest BCUT2D eigenvalue weighted by molar-refractivity contribution is 7.22. The van der Waals surface area contributed by atoms with Crippen LogP contribution in [0.25, 0.3) is 63.7 Å². The van der Waals surface area contributed by atoms with Crippen LogP contribution in [0.3, 0.4) is 0 Å². The normalized spacial score (nSPS) is 11.5. The molecule has 10 aromatic rings. The van der Waals surface area contributed by atoms with E-state index >= 15 is 0 Å². The molecule has 0 aliphatic rings. The van der Waals surface area contributed by atoms with Crippen molar-refractivity contribution < 1.29 is 24.5 Å². The first kappa shape index (κ1) is 37.0. The van der Waals surface area contributed by atoms with Gasteiger partial charge < -0.3 is 30.3 Å². The Morgan fingerprint density at radius 1 is 0.717 bits per heavy atom. The van der Waals surface area contributed by atoms with Gasteiger partial charge in [0.1, 0.15) is 11.4 Å². The van der Waals surface area contributed by atoms with Crippen LogP contribution in [0.1, 0.15) is 16.8 Å². The fourth-order valence-electron chi connectivity index (χ4n) is 7.05. The first-order valence-electron chi connectivity index (χ1n) is 19.0. The molecule has 0 bridgehead atoms. The molecule has 6 aromatic heterocycles. The molecule has 0 spiro atoms. The van der Waals surface area contributed by atoms with Gasteiger partial charge in [-0.15, -0.1) is 32.9 Å². The minimum atomic E-state index is -0.976. The fraction of sp³-hybridized carbons (Fsp3) is 0.0889. The monoisotopic (exact) mass is 830 g/mol. The van der Waals surface area contributed by atoms with Crippen LogP contribution in [0.4, 0.5) is 23.0 Å². The Bertz CT molecular complexity index is 3190. The summed E-state index contributed by atoms with van der Waals surface area (Å²) in [5.41, 5.74) is 6.71. The van der Waals surface area contributed by atoms with Crippen LogP contribution >= 0.6 is 22.7 Å². The SMILES string of the molecule is COc1cc(Nc2cc(-c3ccc4cc(-c5cnc6ccc(Nc7ccc(C(=O)O)cc7)nn56)sc4c3)c3ncc(-c4cc5ccccc5s4)n3n2)ccc1OCCCO. The Morgan fingerprint density at radius 2 is 1.45 bits per heavy atom. The number of fused-ring (bicyclic) bond motifs is 4. The molecule has 0 aliphatic carbocycles. The molecule has 0 atom stereocenters. The van der Waals surface area contributed by atoms with Gasteiger partial charge in [0, 0.05) is 45.4 Å². The molecule has 0 fully saturated rings. The van der Waals surface area contributed by atoms with E-state index in [4.69, 9.17) is 24.7 Å². The zero-order valence-electron chi connectivity index (χ0n) is 31.9. The third-order valence-electron chi connectivity index (χ3n) is 9.99. The molecule has 0 saturated heterocycles. The van der Waals surface area contributed by atoms with E-state index in [0.717, 1.165) is 64.8 Å². The second kappa shape index (κ2) is 15.4. The van der Waals surface area contributed by atoms with Crippen LogP contribution in [0, 0.1) is 0 Å². The lowest BCUT2D eigenvalue weighted by Crippen LogP contribution is -2.03. The van der Waals surface area contributed by atoms with Crippen LogP contribution in [0.2, 0.25) is 0 Å². The lowest BCUT2D eigenvalue weighted by molar-refractivity contribution is 0.0697. The number of hydrogen-bond acceptors (Lipinski definition) is 12. The second-order valence-electron chi connectivity index (χ2n) is 13.9. The van der Waals surface area contributed by atoms with Gasteiger partial charge in [0.25, 0.3) is 0 Å². The molecule has 60 heavy (non-hydrogen) atoms. The molecular formula is C45H34N8O5S2. The molecule has 0 saturated carbocycles. The molecule has 15 heteroatoms. The smallest absolute Gasteiger partial charge is 0.335 e. The number of ether oxygens (including phenoxy) is 2. The number of anilines is 4. The number of rotatable bonds is 13. The summed E-state index contributed by atoms with van der Waals surface area (Å²) in [5, 5.41) is 37.4. The number of hydrogen-bond donors (Lipinski definition) is 4. The lowest BCUT2D eigenvalue weighted by atomic mass is 10.1. The Balaban J connectivity index is 1.02. The van der Waals surface area contributed by atoms with Crippen LogP contribution in [-0.4, -0.2) is 65.7 Å². The van der Waals surface area contributed by atoms with Gasteiger partial charge in [0.05, 0.1) is 41.4 Å². The molecule has 6 heterocycles. The Morgan fingerprint density at radius 3 is 2.25 bits per heavy atom. The molecular weight excluding hydrogens is 797 g/mol. The Labute approximate surface area is 349 Å². The molecule has 13 nitrogen and oxygen atoms in total. The van der Waals surface area contributed by atoms with Gasteiger partial charge in [0.15, 0.2) is 34.4 Å². The van der Waals surface area contributed by atoms with E-state index in [9.17, 15) is 15.0 Å². The van der Waals surface area contributed by atoms with Crippen LogP contribution in [0.5, 0.6) is 11.5 Å². The highest BCUT2D eigenvalue weighted by Crippen LogP contribution is 2.40. The van der Waals surface area contributed by atoms with Gasteiger partial charge in [-0.05, 0) is 95.2 Å². The lowest BCUT2D eigenvalue weighted by Gasteiger charge is -2.14. The number of carbonyl (C=O) groups is 1. The van der Waals surface area contributed by atoms with E-state index in [1.807, 2.05) is 70.0 Å². The molecule has 296 valence electrons.